The number of likely N-dealkylation sites (tertiary alicyclic amines) is 1. The monoisotopic (exact) mass is 342 g/mol. The lowest BCUT2D eigenvalue weighted by molar-refractivity contribution is -0.0856. The van der Waals surface area contributed by atoms with E-state index in [9.17, 15) is 15.0 Å². The number of aromatic nitrogens is 1. The zero-order valence-electron chi connectivity index (χ0n) is 14.2. The van der Waals surface area contributed by atoms with Gasteiger partial charge in [0.25, 0.3) is 0 Å². The van der Waals surface area contributed by atoms with Crippen molar-refractivity contribution in [1.82, 2.24) is 9.88 Å². The number of aliphatic hydroxyl groups is 2. The first kappa shape index (κ1) is 18.9. The molecule has 8 heteroatoms. The Balaban J connectivity index is 2.00. The van der Waals surface area contributed by atoms with E-state index in [4.69, 9.17) is 9.15 Å². The summed E-state index contributed by atoms with van der Waals surface area (Å²) >= 11 is 0. The Kier molecular flexibility index (Phi) is 6.73. The van der Waals surface area contributed by atoms with Crippen LogP contribution in [0.25, 0.3) is 0 Å². The van der Waals surface area contributed by atoms with E-state index in [2.05, 4.69) is 14.6 Å². The van der Waals surface area contributed by atoms with E-state index in [0.717, 1.165) is 6.42 Å². The second-order valence-electron chi connectivity index (χ2n) is 6.25. The van der Waals surface area contributed by atoms with Gasteiger partial charge in [0, 0.05) is 32.2 Å². The standard InChI is InChI=1S/C16H26N2O6/c1-22-7-3-5-16(11-19)10-18(6-4-13(16)20)8-14-17-12(9-24-14)15(21)23-2/h9,13,19-20H,3-8,10-11H2,1-2H3/t13-,16+/m1/s1. The number of oxazole rings is 1. The Morgan fingerprint density at radius 1 is 1.54 bits per heavy atom. The van der Waals surface area contributed by atoms with Crippen LogP contribution in [0, 0.1) is 5.41 Å². The number of hydrogen-bond donors (Lipinski definition) is 2. The van der Waals surface area contributed by atoms with E-state index >= 15 is 0 Å². The molecule has 0 amide bonds. The summed E-state index contributed by atoms with van der Waals surface area (Å²) in [5.74, 6) is -0.126. The zero-order valence-corrected chi connectivity index (χ0v) is 14.2. The third-order valence-electron chi connectivity index (χ3n) is 4.61. The highest BCUT2D eigenvalue weighted by Gasteiger charge is 2.42. The summed E-state index contributed by atoms with van der Waals surface area (Å²) in [6.07, 6.45) is 2.74. The average Bonchev–Trinajstić information content (AvgIpc) is 3.05. The lowest BCUT2D eigenvalue weighted by Gasteiger charge is -2.45. The number of aliphatic hydroxyl groups excluding tert-OH is 2. The molecule has 1 fully saturated rings. The van der Waals surface area contributed by atoms with Crippen molar-refractivity contribution in [2.45, 2.75) is 31.9 Å². The first-order valence-corrected chi connectivity index (χ1v) is 8.07. The molecule has 0 aromatic carbocycles. The highest BCUT2D eigenvalue weighted by atomic mass is 16.5. The third-order valence-corrected chi connectivity index (χ3v) is 4.61. The van der Waals surface area contributed by atoms with Gasteiger partial charge in [-0.1, -0.05) is 0 Å². The van der Waals surface area contributed by atoms with Crippen LogP contribution in [0.4, 0.5) is 0 Å². The minimum Gasteiger partial charge on any atom is -0.464 e. The Morgan fingerprint density at radius 3 is 3.00 bits per heavy atom. The van der Waals surface area contributed by atoms with Gasteiger partial charge in [-0.15, -0.1) is 0 Å². The normalized spacial score (nSPS) is 24.9. The van der Waals surface area contributed by atoms with E-state index in [1.54, 1.807) is 7.11 Å². The van der Waals surface area contributed by atoms with Crippen LogP contribution in [0.5, 0.6) is 0 Å². The van der Waals surface area contributed by atoms with E-state index in [1.807, 2.05) is 0 Å². The van der Waals surface area contributed by atoms with Crippen LogP contribution in [0.15, 0.2) is 10.7 Å². The number of piperidine rings is 1. The Labute approximate surface area is 141 Å². The van der Waals surface area contributed by atoms with Crippen LogP contribution in [0.3, 0.4) is 0 Å². The van der Waals surface area contributed by atoms with Gasteiger partial charge in [0.15, 0.2) is 5.69 Å². The van der Waals surface area contributed by atoms with Crippen LogP contribution < -0.4 is 0 Å². The molecule has 0 spiro atoms. The summed E-state index contributed by atoms with van der Waals surface area (Å²) in [5.41, 5.74) is -0.438. The molecule has 1 aliphatic heterocycles. The summed E-state index contributed by atoms with van der Waals surface area (Å²) in [6.45, 7) is 2.12. The summed E-state index contributed by atoms with van der Waals surface area (Å²) in [7, 11) is 2.93. The van der Waals surface area contributed by atoms with E-state index in [0.29, 0.717) is 45.0 Å². The molecule has 2 N–H and O–H groups in total. The molecule has 8 nitrogen and oxygen atoms in total. The summed E-state index contributed by atoms with van der Waals surface area (Å²) in [5, 5.41) is 20.3. The van der Waals surface area contributed by atoms with Crippen molar-refractivity contribution in [2.75, 3.05) is 40.5 Å². The van der Waals surface area contributed by atoms with Crippen LogP contribution in [0.2, 0.25) is 0 Å². The number of hydrogen-bond acceptors (Lipinski definition) is 8. The van der Waals surface area contributed by atoms with Gasteiger partial charge in [0.05, 0.1) is 26.4 Å². The van der Waals surface area contributed by atoms with Gasteiger partial charge in [-0.25, -0.2) is 9.78 Å². The van der Waals surface area contributed by atoms with E-state index < -0.39 is 17.5 Å². The topological polar surface area (TPSA) is 105 Å². The largest absolute Gasteiger partial charge is 0.464 e. The van der Waals surface area contributed by atoms with Crippen molar-refractivity contribution in [2.24, 2.45) is 5.41 Å². The van der Waals surface area contributed by atoms with Crippen LogP contribution >= 0.6 is 0 Å². The number of nitrogens with zero attached hydrogens (tertiary/aromatic N) is 2. The third kappa shape index (κ3) is 4.32. The van der Waals surface area contributed by atoms with Crippen LogP contribution in [-0.4, -0.2) is 72.7 Å². The molecule has 0 saturated carbocycles. The molecular formula is C16H26N2O6. The predicted octanol–water partition coefficient (Wildman–Crippen LogP) is 0.433. The van der Waals surface area contributed by atoms with Crippen molar-refractivity contribution in [3.05, 3.63) is 17.8 Å². The first-order valence-electron chi connectivity index (χ1n) is 8.07. The molecular weight excluding hydrogens is 316 g/mol. The minimum absolute atomic E-state index is 0.0899. The van der Waals surface area contributed by atoms with Crippen LogP contribution in [0.1, 0.15) is 35.6 Å². The average molecular weight is 342 g/mol. The van der Waals surface area contributed by atoms with Crippen molar-refractivity contribution in [1.29, 1.82) is 0 Å². The number of rotatable bonds is 8. The second-order valence-corrected chi connectivity index (χ2v) is 6.25. The maximum atomic E-state index is 11.4. The van der Waals surface area contributed by atoms with Gasteiger partial charge >= 0.3 is 5.97 Å². The fraction of sp³-hybridized carbons (Fsp3) is 0.750. The molecule has 1 aromatic heterocycles. The number of carbonyl (C=O) groups is 1. The molecule has 1 aromatic rings. The van der Waals surface area contributed by atoms with Crippen molar-refractivity contribution < 1.29 is 28.9 Å². The molecule has 0 bridgehead atoms. The Hall–Kier alpha value is -1.48. The number of methoxy groups -OCH3 is 2. The van der Waals surface area contributed by atoms with E-state index in [-0.39, 0.29) is 12.3 Å². The molecule has 0 unspecified atom stereocenters. The van der Waals surface area contributed by atoms with Gasteiger partial charge < -0.3 is 24.1 Å². The van der Waals surface area contributed by atoms with Gasteiger partial charge in [-0.3, -0.25) is 4.90 Å². The van der Waals surface area contributed by atoms with Crippen molar-refractivity contribution in [3.8, 4) is 0 Å². The smallest absolute Gasteiger partial charge is 0.360 e. The maximum Gasteiger partial charge on any atom is 0.360 e. The molecule has 2 rings (SSSR count). The van der Waals surface area contributed by atoms with Gasteiger partial charge in [0.2, 0.25) is 5.89 Å². The molecule has 2 atom stereocenters. The first-order chi connectivity index (χ1) is 11.5. The van der Waals surface area contributed by atoms with Gasteiger partial charge in [-0.05, 0) is 19.3 Å². The molecule has 1 aliphatic rings. The Morgan fingerprint density at radius 2 is 2.33 bits per heavy atom. The fourth-order valence-corrected chi connectivity index (χ4v) is 3.20. The van der Waals surface area contributed by atoms with Gasteiger partial charge in [-0.2, -0.15) is 0 Å². The number of carbonyl (C=O) groups excluding carboxylic acids is 1. The molecule has 0 radical (unpaired) electrons. The molecule has 2 heterocycles. The minimum atomic E-state index is -0.575. The molecule has 136 valence electrons. The molecule has 1 saturated heterocycles. The Bertz CT molecular complexity index is 534. The molecule has 24 heavy (non-hydrogen) atoms. The lowest BCUT2D eigenvalue weighted by atomic mass is 9.74. The maximum absolute atomic E-state index is 11.4. The zero-order chi connectivity index (χ0) is 17.6. The predicted molar refractivity (Wildman–Crippen MR) is 84.4 cm³/mol. The summed E-state index contributed by atoms with van der Waals surface area (Å²) < 4.78 is 15.0. The highest BCUT2D eigenvalue weighted by molar-refractivity contribution is 5.86. The van der Waals surface area contributed by atoms with Crippen LogP contribution in [-0.2, 0) is 16.0 Å². The van der Waals surface area contributed by atoms with Crippen molar-refractivity contribution >= 4 is 5.97 Å². The molecule has 0 aliphatic carbocycles. The van der Waals surface area contributed by atoms with E-state index in [1.165, 1.54) is 13.4 Å². The highest BCUT2D eigenvalue weighted by Crippen LogP contribution is 2.35. The second kappa shape index (κ2) is 8.57. The SMILES string of the molecule is COCCC[C@@]1(CO)CN(Cc2nc(C(=O)OC)co2)CC[C@H]1O. The summed E-state index contributed by atoms with van der Waals surface area (Å²) in [4.78, 5) is 17.6. The van der Waals surface area contributed by atoms with Crippen molar-refractivity contribution in [3.63, 3.8) is 0 Å². The fourth-order valence-electron chi connectivity index (χ4n) is 3.20. The number of esters is 1. The number of ether oxygens (including phenoxy) is 2. The summed E-state index contributed by atoms with van der Waals surface area (Å²) in [6, 6.07) is 0. The quantitative estimate of drug-likeness (QED) is 0.518. The lowest BCUT2D eigenvalue weighted by Crippen LogP contribution is -2.53. The van der Waals surface area contributed by atoms with Gasteiger partial charge in [0.1, 0.15) is 6.26 Å².